The van der Waals surface area contributed by atoms with Gasteiger partial charge >= 0.3 is 0 Å². The van der Waals surface area contributed by atoms with Gasteiger partial charge in [0.05, 0.1) is 0 Å². The molecular formula is C21H27ClFN3. The van der Waals surface area contributed by atoms with Crippen LogP contribution in [0, 0.1) is 5.82 Å². The second kappa shape index (κ2) is 9.36. The minimum Gasteiger partial charge on any atom is -0.369 e. The minimum absolute atomic E-state index is 0.0841. The Hall–Kier alpha value is -1.62. The number of hydrogen-bond donors (Lipinski definition) is 1. The molecule has 0 unspecified atom stereocenters. The maximum atomic E-state index is 14.4. The molecule has 0 saturated carbocycles. The van der Waals surface area contributed by atoms with Crippen molar-refractivity contribution in [1.29, 1.82) is 0 Å². The molecule has 1 fully saturated rings. The number of hydrogen-bond acceptors (Lipinski definition) is 3. The lowest BCUT2D eigenvalue weighted by molar-refractivity contribution is 0.312. The van der Waals surface area contributed by atoms with Crippen LogP contribution in [-0.4, -0.2) is 44.7 Å². The van der Waals surface area contributed by atoms with Crippen LogP contribution in [0.1, 0.15) is 17.5 Å². The molecule has 0 atom stereocenters. The fourth-order valence-corrected chi connectivity index (χ4v) is 3.49. The third-order valence-corrected chi connectivity index (χ3v) is 5.21. The van der Waals surface area contributed by atoms with E-state index < -0.39 is 0 Å². The lowest BCUT2D eigenvalue weighted by atomic mass is 10.0. The summed E-state index contributed by atoms with van der Waals surface area (Å²) in [7, 11) is 2.14. The molecule has 1 aliphatic rings. The van der Waals surface area contributed by atoms with Gasteiger partial charge in [0, 0.05) is 49.0 Å². The fourth-order valence-electron chi connectivity index (χ4n) is 3.36. The Balaban J connectivity index is 1.51. The standard InChI is InChI=1S/C21H27ClFN3/c1-25-12-14-26(15-13-25)21-6-2-5-20(23)19(21)4-3-11-24-16-17-7-9-18(22)10-8-17/h2,5-10,24H,3-4,11-16H2,1H3. The van der Waals surface area contributed by atoms with E-state index in [4.69, 9.17) is 11.6 Å². The highest BCUT2D eigenvalue weighted by molar-refractivity contribution is 6.30. The predicted molar refractivity (Wildman–Crippen MR) is 108 cm³/mol. The molecule has 3 nitrogen and oxygen atoms in total. The van der Waals surface area contributed by atoms with Crippen LogP contribution in [0.3, 0.4) is 0 Å². The van der Waals surface area contributed by atoms with Gasteiger partial charge in [0.15, 0.2) is 0 Å². The van der Waals surface area contributed by atoms with E-state index in [9.17, 15) is 4.39 Å². The summed E-state index contributed by atoms with van der Waals surface area (Å²) in [5.74, 6) is -0.0841. The maximum Gasteiger partial charge on any atom is 0.128 e. The number of benzene rings is 2. The van der Waals surface area contributed by atoms with E-state index in [0.29, 0.717) is 0 Å². The largest absolute Gasteiger partial charge is 0.369 e. The van der Waals surface area contributed by atoms with Crippen molar-refractivity contribution in [3.05, 3.63) is 64.4 Å². The van der Waals surface area contributed by atoms with Gasteiger partial charge in [-0.3, -0.25) is 0 Å². The minimum atomic E-state index is -0.0841. The molecule has 0 spiro atoms. The molecule has 3 rings (SSSR count). The number of likely N-dealkylation sites (N-methyl/N-ethyl adjacent to an activating group) is 1. The first-order valence-corrected chi connectivity index (χ1v) is 9.67. The lowest BCUT2D eigenvalue weighted by Crippen LogP contribution is -2.44. The number of anilines is 1. The Morgan fingerprint density at radius 3 is 2.50 bits per heavy atom. The second-order valence-electron chi connectivity index (χ2n) is 6.93. The average Bonchev–Trinajstić information content (AvgIpc) is 2.65. The summed E-state index contributed by atoms with van der Waals surface area (Å²) in [4.78, 5) is 4.63. The van der Waals surface area contributed by atoms with Gasteiger partial charge in [-0.15, -0.1) is 0 Å². The van der Waals surface area contributed by atoms with E-state index in [1.54, 1.807) is 6.07 Å². The molecule has 0 bridgehead atoms. The van der Waals surface area contributed by atoms with Gasteiger partial charge in [0.2, 0.25) is 0 Å². The summed E-state index contributed by atoms with van der Waals surface area (Å²) in [6.45, 7) is 5.64. The van der Waals surface area contributed by atoms with Gasteiger partial charge < -0.3 is 15.1 Å². The van der Waals surface area contributed by atoms with Crippen molar-refractivity contribution in [2.75, 3.05) is 44.7 Å². The summed E-state index contributed by atoms with van der Waals surface area (Å²) in [6.07, 6.45) is 1.66. The van der Waals surface area contributed by atoms with Crippen LogP contribution in [0.15, 0.2) is 42.5 Å². The van der Waals surface area contributed by atoms with E-state index in [1.165, 1.54) is 5.56 Å². The maximum absolute atomic E-state index is 14.4. The Labute approximate surface area is 160 Å². The molecule has 0 amide bonds. The monoisotopic (exact) mass is 375 g/mol. The van der Waals surface area contributed by atoms with E-state index >= 15 is 0 Å². The van der Waals surface area contributed by atoms with Crippen molar-refractivity contribution >= 4 is 17.3 Å². The van der Waals surface area contributed by atoms with Crippen LogP contribution in [0.5, 0.6) is 0 Å². The highest BCUT2D eigenvalue weighted by Gasteiger charge is 2.18. The summed E-state index contributed by atoms with van der Waals surface area (Å²) in [6, 6.07) is 13.3. The number of halogens is 2. The predicted octanol–water partition coefficient (Wildman–Crippen LogP) is 3.95. The van der Waals surface area contributed by atoms with Crippen LogP contribution in [-0.2, 0) is 13.0 Å². The molecule has 1 aliphatic heterocycles. The summed E-state index contributed by atoms with van der Waals surface area (Å²) < 4.78 is 14.4. The van der Waals surface area contributed by atoms with Crippen LogP contribution in [0.4, 0.5) is 10.1 Å². The molecule has 0 radical (unpaired) electrons. The third-order valence-electron chi connectivity index (χ3n) is 4.96. The molecule has 1 saturated heterocycles. The Morgan fingerprint density at radius 2 is 1.77 bits per heavy atom. The van der Waals surface area contributed by atoms with Crippen LogP contribution in [0.2, 0.25) is 5.02 Å². The van der Waals surface area contributed by atoms with E-state index in [-0.39, 0.29) is 5.82 Å². The van der Waals surface area contributed by atoms with E-state index in [0.717, 1.165) is 68.4 Å². The second-order valence-corrected chi connectivity index (χ2v) is 7.37. The first kappa shape index (κ1) is 19.2. The molecule has 26 heavy (non-hydrogen) atoms. The smallest absolute Gasteiger partial charge is 0.128 e. The van der Waals surface area contributed by atoms with Gasteiger partial charge in [-0.25, -0.2) is 4.39 Å². The van der Waals surface area contributed by atoms with E-state index in [1.807, 2.05) is 30.3 Å². The Morgan fingerprint density at radius 1 is 1.04 bits per heavy atom. The lowest BCUT2D eigenvalue weighted by Gasteiger charge is -2.35. The van der Waals surface area contributed by atoms with Crippen LogP contribution >= 0.6 is 11.6 Å². The quantitative estimate of drug-likeness (QED) is 0.739. The van der Waals surface area contributed by atoms with Crippen molar-refractivity contribution in [2.24, 2.45) is 0 Å². The number of nitrogens with one attached hydrogen (secondary N) is 1. The van der Waals surface area contributed by atoms with Crippen molar-refractivity contribution in [2.45, 2.75) is 19.4 Å². The molecule has 2 aromatic rings. The fraction of sp³-hybridized carbons (Fsp3) is 0.429. The Bertz CT molecular complexity index is 697. The van der Waals surface area contributed by atoms with Gasteiger partial charge in [0.1, 0.15) is 5.82 Å². The summed E-state index contributed by atoms with van der Waals surface area (Å²) >= 11 is 5.90. The zero-order chi connectivity index (χ0) is 18.4. The first-order chi connectivity index (χ1) is 12.6. The zero-order valence-corrected chi connectivity index (χ0v) is 16.1. The van der Waals surface area contributed by atoms with Crippen molar-refractivity contribution in [1.82, 2.24) is 10.2 Å². The van der Waals surface area contributed by atoms with Crippen LogP contribution < -0.4 is 10.2 Å². The molecule has 140 valence electrons. The topological polar surface area (TPSA) is 18.5 Å². The average molecular weight is 376 g/mol. The molecule has 1 heterocycles. The SMILES string of the molecule is CN1CCN(c2cccc(F)c2CCCNCc2ccc(Cl)cc2)CC1. The number of rotatable bonds is 7. The molecule has 0 aliphatic carbocycles. The number of nitrogens with zero attached hydrogens (tertiary/aromatic N) is 2. The molecule has 0 aromatic heterocycles. The molecule has 1 N–H and O–H groups in total. The number of piperazine rings is 1. The van der Waals surface area contributed by atoms with Gasteiger partial charge in [-0.2, -0.15) is 0 Å². The van der Waals surface area contributed by atoms with Crippen LogP contribution in [0.25, 0.3) is 0 Å². The van der Waals surface area contributed by atoms with Gasteiger partial charge in [-0.1, -0.05) is 29.8 Å². The normalized spacial score (nSPS) is 15.4. The molecular weight excluding hydrogens is 349 g/mol. The highest BCUT2D eigenvalue weighted by Crippen LogP contribution is 2.25. The van der Waals surface area contributed by atoms with Crippen molar-refractivity contribution < 1.29 is 4.39 Å². The molecule has 5 heteroatoms. The Kier molecular flexibility index (Phi) is 6.89. The van der Waals surface area contributed by atoms with E-state index in [2.05, 4.69) is 28.2 Å². The van der Waals surface area contributed by atoms with Crippen molar-refractivity contribution in [3.63, 3.8) is 0 Å². The summed E-state index contributed by atoms with van der Waals surface area (Å²) in [5.41, 5.74) is 3.12. The third kappa shape index (κ3) is 5.19. The zero-order valence-electron chi connectivity index (χ0n) is 15.3. The highest BCUT2D eigenvalue weighted by atomic mass is 35.5. The van der Waals surface area contributed by atoms with Gasteiger partial charge in [-0.05, 0) is 56.3 Å². The molecule has 2 aromatic carbocycles. The first-order valence-electron chi connectivity index (χ1n) is 9.29. The van der Waals surface area contributed by atoms with Crippen molar-refractivity contribution in [3.8, 4) is 0 Å². The van der Waals surface area contributed by atoms with Gasteiger partial charge in [0.25, 0.3) is 0 Å². The summed E-state index contributed by atoms with van der Waals surface area (Å²) in [5, 5.41) is 4.18.